The summed E-state index contributed by atoms with van der Waals surface area (Å²) in [5.41, 5.74) is 8.10. The third kappa shape index (κ3) is 5.13. The zero-order chi connectivity index (χ0) is 15.8. The second-order valence-corrected chi connectivity index (χ2v) is 5.25. The number of unbranched alkanes of at least 4 members (excludes halogenated alkanes) is 1. The number of nitrogen functional groups attached to an aromatic ring is 1. The van der Waals surface area contributed by atoms with Crippen LogP contribution in [0.15, 0.2) is 48.5 Å². The Kier molecular flexibility index (Phi) is 5.83. The zero-order valence-electron chi connectivity index (χ0n) is 12.8. The van der Waals surface area contributed by atoms with E-state index in [1.54, 1.807) is 24.3 Å². The Labute approximate surface area is 131 Å². The first-order chi connectivity index (χ1) is 10.6. The molecule has 0 saturated heterocycles. The summed E-state index contributed by atoms with van der Waals surface area (Å²) in [6, 6.07) is 14.9. The highest BCUT2D eigenvalue weighted by atomic mass is 16.5. The van der Waals surface area contributed by atoms with Crippen LogP contribution < -0.4 is 15.8 Å². The van der Waals surface area contributed by atoms with Gasteiger partial charge < -0.3 is 15.8 Å². The molecule has 2 aromatic carbocycles. The molecule has 0 heterocycles. The molecule has 4 nitrogen and oxygen atoms in total. The first kappa shape index (κ1) is 15.9. The van der Waals surface area contributed by atoms with Crippen LogP contribution >= 0.6 is 0 Å². The third-order valence-corrected chi connectivity index (χ3v) is 3.32. The molecule has 116 valence electrons. The molecule has 0 spiro atoms. The Morgan fingerprint density at radius 3 is 2.41 bits per heavy atom. The highest BCUT2D eigenvalue weighted by molar-refractivity contribution is 5.94. The summed E-state index contributed by atoms with van der Waals surface area (Å²) in [4.78, 5) is 11.9. The molecule has 2 aromatic rings. The maximum atomic E-state index is 11.9. The second-order valence-electron chi connectivity index (χ2n) is 5.25. The minimum absolute atomic E-state index is 0.0700. The maximum Gasteiger partial charge on any atom is 0.251 e. The fraction of sp³-hybridized carbons (Fsp3) is 0.278. The van der Waals surface area contributed by atoms with Gasteiger partial charge in [0.1, 0.15) is 5.75 Å². The van der Waals surface area contributed by atoms with Crippen molar-refractivity contribution >= 4 is 11.6 Å². The average molecular weight is 298 g/mol. The summed E-state index contributed by atoms with van der Waals surface area (Å²) in [5.74, 6) is 0.816. The van der Waals surface area contributed by atoms with Gasteiger partial charge in [0, 0.05) is 17.8 Å². The van der Waals surface area contributed by atoms with Gasteiger partial charge in [-0.05, 0) is 56.2 Å². The first-order valence-electron chi connectivity index (χ1n) is 7.48. The molecule has 22 heavy (non-hydrogen) atoms. The molecule has 2 rings (SSSR count). The van der Waals surface area contributed by atoms with Crippen molar-refractivity contribution in [3.8, 4) is 5.75 Å². The molecule has 0 aliphatic heterocycles. The number of ether oxygens (including phenoxy) is 1. The van der Waals surface area contributed by atoms with E-state index in [-0.39, 0.29) is 5.91 Å². The Morgan fingerprint density at radius 2 is 1.73 bits per heavy atom. The predicted octanol–water partition coefficient (Wildman–Crippen LogP) is 3.17. The molecule has 3 N–H and O–H groups in total. The number of benzene rings is 2. The quantitative estimate of drug-likeness (QED) is 0.609. The molecule has 0 bridgehead atoms. The highest BCUT2D eigenvalue weighted by Crippen LogP contribution is 2.11. The predicted molar refractivity (Wildman–Crippen MR) is 89.1 cm³/mol. The van der Waals surface area contributed by atoms with Crippen LogP contribution in [0.25, 0.3) is 0 Å². The Balaban J connectivity index is 1.60. The van der Waals surface area contributed by atoms with E-state index < -0.39 is 0 Å². The molecule has 0 aliphatic rings. The van der Waals surface area contributed by atoms with Crippen LogP contribution in [-0.4, -0.2) is 19.1 Å². The number of hydrogen-bond donors (Lipinski definition) is 2. The van der Waals surface area contributed by atoms with Crippen molar-refractivity contribution in [3.05, 3.63) is 59.7 Å². The fourth-order valence-corrected chi connectivity index (χ4v) is 1.99. The number of aryl methyl sites for hydroxylation is 1. The van der Waals surface area contributed by atoms with E-state index in [0.717, 1.165) is 18.6 Å². The van der Waals surface area contributed by atoms with Gasteiger partial charge in [0.25, 0.3) is 5.91 Å². The van der Waals surface area contributed by atoms with Gasteiger partial charge in [-0.25, -0.2) is 0 Å². The average Bonchev–Trinajstić information content (AvgIpc) is 2.53. The van der Waals surface area contributed by atoms with Gasteiger partial charge in [-0.15, -0.1) is 0 Å². The fourth-order valence-electron chi connectivity index (χ4n) is 1.99. The SMILES string of the molecule is Cc1ccc(OCCCCNC(=O)c2ccc(N)cc2)cc1. The minimum atomic E-state index is -0.0700. The number of carbonyl (C=O) groups is 1. The summed E-state index contributed by atoms with van der Waals surface area (Å²) in [5, 5.41) is 2.89. The molecular weight excluding hydrogens is 276 g/mol. The lowest BCUT2D eigenvalue weighted by Gasteiger charge is -2.07. The number of nitrogens with two attached hydrogens (primary N) is 1. The largest absolute Gasteiger partial charge is 0.494 e. The summed E-state index contributed by atoms with van der Waals surface area (Å²) in [6.07, 6.45) is 1.78. The number of nitrogens with one attached hydrogen (secondary N) is 1. The van der Waals surface area contributed by atoms with Crippen LogP contribution in [0.5, 0.6) is 5.75 Å². The van der Waals surface area contributed by atoms with Crippen molar-refractivity contribution in [2.75, 3.05) is 18.9 Å². The lowest BCUT2D eigenvalue weighted by Crippen LogP contribution is -2.24. The molecule has 0 unspecified atom stereocenters. The van der Waals surface area contributed by atoms with Crippen LogP contribution in [0.4, 0.5) is 5.69 Å². The molecule has 0 aromatic heterocycles. The monoisotopic (exact) mass is 298 g/mol. The Hall–Kier alpha value is -2.49. The minimum Gasteiger partial charge on any atom is -0.494 e. The first-order valence-corrected chi connectivity index (χ1v) is 7.48. The number of amides is 1. The molecular formula is C18H22N2O2. The molecule has 0 radical (unpaired) electrons. The lowest BCUT2D eigenvalue weighted by atomic mass is 10.2. The van der Waals surface area contributed by atoms with Crippen molar-refractivity contribution in [3.63, 3.8) is 0 Å². The molecule has 0 saturated carbocycles. The number of rotatable bonds is 7. The summed E-state index contributed by atoms with van der Waals surface area (Å²) in [6.45, 7) is 3.34. The topological polar surface area (TPSA) is 64.3 Å². The van der Waals surface area contributed by atoms with E-state index >= 15 is 0 Å². The van der Waals surface area contributed by atoms with Crippen LogP contribution in [0.3, 0.4) is 0 Å². The van der Waals surface area contributed by atoms with Crippen LogP contribution in [-0.2, 0) is 0 Å². The van der Waals surface area contributed by atoms with Crippen molar-refractivity contribution in [2.45, 2.75) is 19.8 Å². The van der Waals surface area contributed by atoms with E-state index in [1.807, 2.05) is 31.2 Å². The maximum absolute atomic E-state index is 11.9. The van der Waals surface area contributed by atoms with Crippen molar-refractivity contribution < 1.29 is 9.53 Å². The van der Waals surface area contributed by atoms with E-state index in [9.17, 15) is 4.79 Å². The molecule has 0 aliphatic carbocycles. The van der Waals surface area contributed by atoms with E-state index in [1.165, 1.54) is 5.56 Å². The zero-order valence-corrected chi connectivity index (χ0v) is 12.8. The Morgan fingerprint density at radius 1 is 1.05 bits per heavy atom. The molecule has 0 fully saturated rings. The van der Waals surface area contributed by atoms with Gasteiger partial charge >= 0.3 is 0 Å². The van der Waals surface area contributed by atoms with E-state index in [0.29, 0.717) is 24.4 Å². The molecule has 0 atom stereocenters. The molecule has 1 amide bonds. The van der Waals surface area contributed by atoms with Crippen LogP contribution in [0.2, 0.25) is 0 Å². The van der Waals surface area contributed by atoms with Crippen LogP contribution in [0, 0.1) is 6.92 Å². The smallest absolute Gasteiger partial charge is 0.251 e. The van der Waals surface area contributed by atoms with Gasteiger partial charge in [0.2, 0.25) is 0 Å². The van der Waals surface area contributed by atoms with Gasteiger partial charge in [0.15, 0.2) is 0 Å². The number of carbonyl (C=O) groups excluding carboxylic acids is 1. The lowest BCUT2D eigenvalue weighted by molar-refractivity contribution is 0.0952. The van der Waals surface area contributed by atoms with Crippen molar-refractivity contribution in [1.29, 1.82) is 0 Å². The van der Waals surface area contributed by atoms with Gasteiger partial charge in [0.05, 0.1) is 6.61 Å². The van der Waals surface area contributed by atoms with Gasteiger partial charge in [-0.1, -0.05) is 17.7 Å². The normalized spacial score (nSPS) is 10.2. The second kappa shape index (κ2) is 8.08. The summed E-state index contributed by atoms with van der Waals surface area (Å²) < 4.78 is 5.64. The number of anilines is 1. The van der Waals surface area contributed by atoms with Crippen LogP contribution in [0.1, 0.15) is 28.8 Å². The van der Waals surface area contributed by atoms with Crippen molar-refractivity contribution in [1.82, 2.24) is 5.32 Å². The highest BCUT2D eigenvalue weighted by Gasteiger charge is 2.03. The third-order valence-electron chi connectivity index (χ3n) is 3.32. The van der Waals surface area contributed by atoms with Crippen molar-refractivity contribution in [2.24, 2.45) is 0 Å². The van der Waals surface area contributed by atoms with Gasteiger partial charge in [-0.2, -0.15) is 0 Å². The Bertz CT molecular complexity index is 591. The van der Waals surface area contributed by atoms with E-state index in [4.69, 9.17) is 10.5 Å². The molecule has 4 heteroatoms. The summed E-state index contributed by atoms with van der Waals surface area (Å²) in [7, 11) is 0. The standard InChI is InChI=1S/C18H22N2O2/c1-14-4-10-17(11-5-14)22-13-3-2-12-20-18(21)15-6-8-16(19)9-7-15/h4-11H,2-3,12-13,19H2,1H3,(H,20,21). The van der Waals surface area contributed by atoms with E-state index in [2.05, 4.69) is 5.32 Å². The van der Waals surface area contributed by atoms with Gasteiger partial charge in [-0.3, -0.25) is 4.79 Å². The summed E-state index contributed by atoms with van der Waals surface area (Å²) >= 11 is 0. The number of hydrogen-bond acceptors (Lipinski definition) is 3.